The van der Waals surface area contributed by atoms with Crippen LogP contribution in [-0.2, 0) is 20.7 Å². The van der Waals surface area contributed by atoms with E-state index in [2.05, 4.69) is 5.32 Å². The number of hydrogen-bond acceptors (Lipinski definition) is 5. The summed E-state index contributed by atoms with van der Waals surface area (Å²) in [5.74, 6) is 0.418. The summed E-state index contributed by atoms with van der Waals surface area (Å²) >= 11 is 7.23. The first-order valence-electron chi connectivity index (χ1n) is 8.91. The summed E-state index contributed by atoms with van der Waals surface area (Å²) in [6.45, 7) is 0.0432. The van der Waals surface area contributed by atoms with Gasteiger partial charge in [-0.1, -0.05) is 48.0 Å². The van der Waals surface area contributed by atoms with E-state index >= 15 is 0 Å². The minimum Gasteiger partial charge on any atom is -0.473 e. The summed E-state index contributed by atoms with van der Waals surface area (Å²) in [4.78, 5) is 24.5. The Balaban J connectivity index is 1.64. The minimum absolute atomic E-state index is 0.0432. The van der Waals surface area contributed by atoms with Gasteiger partial charge in [0, 0.05) is 15.3 Å². The van der Waals surface area contributed by atoms with Crippen molar-refractivity contribution in [3.05, 3.63) is 71.2 Å². The van der Waals surface area contributed by atoms with Gasteiger partial charge < -0.3 is 14.8 Å². The number of benzene rings is 3. The first-order valence-corrected chi connectivity index (χ1v) is 10.3. The molecule has 5 nitrogen and oxygen atoms in total. The summed E-state index contributed by atoms with van der Waals surface area (Å²) in [6, 6.07) is 18.8. The Labute approximate surface area is 178 Å². The number of halogens is 1. The molecule has 3 aromatic rings. The van der Waals surface area contributed by atoms with Gasteiger partial charge in [-0.3, -0.25) is 9.59 Å². The maximum Gasteiger partial charge on any atom is 0.315 e. The number of hydrogen-bond donors (Lipinski definition) is 1. The maximum atomic E-state index is 12.1. The molecule has 0 fully saturated rings. The molecule has 0 aliphatic heterocycles. The number of rotatable bonds is 8. The quantitative estimate of drug-likeness (QED) is 0.325. The molecule has 1 N–H and O–H groups in total. The van der Waals surface area contributed by atoms with E-state index in [4.69, 9.17) is 21.1 Å². The van der Waals surface area contributed by atoms with Crippen LogP contribution in [0.2, 0.25) is 5.02 Å². The van der Waals surface area contributed by atoms with Gasteiger partial charge in [0.2, 0.25) is 5.91 Å². The lowest BCUT2D eigenvalue weighted by Crippen LogP contribution is -2.29. The van der Waals surface area contributed by atoms with Gasteiger partial charge in [0.1, 0.15) is 5.75 Å². The Morgan fingerprint density at radius 1 is 1.07 bits per heavy atom. The van der Waals surface area contributed by atoms with E-state index in [0.29, 0.717) is 10.8 Å². The summed E-state index contributed by atoms with van der Waals surface area (Å²) in [5, 5.41) is 5.32. The predicted octanol–water partition coefficient (Wildman–Crippen LogP) is 4.45. The molecule has 0 bridgehead atoms. The first-order chi connectivity index (χ1) is 14.0. The van der Waals surface area contributed by atoms with Crippen molar-refractivity contribution in [2.24, 2.45) is 0 Å². The van der Waals surface area contributed by atoms with Crippen LogP contribution in [0.25, 0.3) is 10.8 Å². The molecule has 0 saturated heterocycles. The molecule has 29 heavy (non-hydrogen) atoms. The van der Waals surface area contributed by atoms with Crippen LogP contribution in [0.15, 0.2) is 65.6 Å². The third-order valence-corrected chi connectivity index (χ3v) is 5.36. The van der Waals surface area contributed by atoms with Crippen molar-refractivity contribution in [2.75, 3.05) is 19.6 Å². The predicted molar refractivity (Wildman–Crippen MR) is 115 cm³/mol. The van der Waals surface area contributed by atoms with Crippen molar-refractivity contribution in [3.8, 4) is 5.75 Å². The Bertz CT molecular complexity index is 1010. The normalized spacial score (nSPS) is 10.6. The highest BCUT2D eigenvalue weighted by atomic mass is 35.5. The van der Waals surface area contributed by atoms with Crippen molar-refractivity contribution < 1.29 is 19.1 Å². The zero-order valence-electron chi connectivity index (χ0n) is 15.8. The number of carbonyl (C=O) groups is 2. The molecule has 0 unspecified atom stereocenters. The van der Waals surface area contributed by atoms with E-state index in [0.717, 1.165) is 21.2 Å². The zero-order chi connectivity index (χ0) is 20.6. The number of carbonyl (C=O) groups excluding carboxylic acids is 2. The summed E-state index contributed by atoms with van der Waals surface area (Å²) in [6.07, 6.45) is 0.246. The lowest BCUT2D eigenvalue weighted by atomic mass is 10.1. The molecule has 0 heterocycles. The molecule has 0 saturated carbocycles. The maximum absolute atomic E-state index is 12.1. The van der Waals surface area contributed by atoms with E-state index in [1.807, 2.05) is 48.5 Å². The number of amides is 1. The molecule has 0 aromatic heterocycles. The highest BCUT2D eigenvalue weighted by molar-refractivity contribution is 8.00. The van der Waals surface area contributed by atoms with E-state index in [9.17, 15) is 9.59 Å². The number of fused-ring (bicyclic) bond motifs is 1. The largest absolute Gasteiger partial charge is 0.473 e. The number of esters is 1. The fraction of sp³-hybridized carbons (Fsp3) is 0.182. The molecule has 0 aliphatic carbocycles. The van der Waals surface area contributed by atoms with Crippen LogP contribution in [0.4, 0.5) is 0 Å². The molecule has 7 heteroatoms. The van der Waals surface area contributed by atoms with Crippen molar-refractivity contribution in [1.82, 2.24) is 5.32 Å². The van der Waals surface area contributed by atoms with Crippen LogP contribution < -0.4 is 10.1 Å². The second-order valence-corrected chi connectivity index (χ2v) is 7.68. The molecule has 0 aliphatic rings. The van der Waals surface area contributed by atoms with Crippen LogP contribution in [0, 0.1) is 0 Å². The van der Waals surface area contributed by atoms with Crippen LogP contribution >= 0.6 is 23.4 Å². The van der Waals surface area contributed by atoms with Crippen LogP contribution in [0.5, 0.6) is 5.75 Å². The first kappa shape index (κ1) is 21.0. The van der Waals surface area contributed by atoms with Crippen LogP contribution in [0.3, 0.4) is 0 Å². The van der Waals surface area contributed by atoms with Gasteiger partial charge in [-0.05, 0) is 35.2 Å². The van der Waals surface area contributed by atoms with Crippen LogP contribution in [0.1, 0.15) is 5.56 Å². The van der Waals surface area contributed by atoms with Gasteiger partial charge in [0.05, 0.1) is 19.3 Å². The molecule has 3 rings (SSSR count). The zero-order valence-corrected chi connectivity index (χ0v) is 17.4. The Morgan fingerprint density at radius 2 is 1.83 bits per heavy atom. The number of methoxy groups -OCH3 is 1. The van der Waals surface area contributed by atoms with E-state index in [1.165, 1.54) is 18.9 Å². The van der Waals surface area contributed by atoms with Crippen molar-refractivity contribution in [3.63, 3.8) is 0 Å². The van der Waals surface area contributed by atoms with E-state index in [-0.39, 0.29) is 30.8 Å². The molecule has 0 radical (unpaired) electrons. The Morgan fingerprint density at radius 3 is 2.59 bits per heavy atom. The van der Waals surface area contributed by atoms with Gasteiger partial charge in [0.25, 0.3) is 0 Å². The molecule has 1 amide bonds. The smallest absolute Gasteiger partial charge is 0.315 e. The number of thioether (sulfide) groups is 1. The molecular weight excluding hydrogens is 410 g/mol. The Hall–Kier alpha value is -2.70. The van der Waals surface area contributed by atoms with Gasteiger partial charge in [-0.2, -0.15) is 0 Å². The average molecular weight is 430 g/mol. The number of nitrogens with one attached hydrogen (secondary N) is 1. The highest BCUT2D eigenvalue weighted by Gasteiger charge is 2.09. The molecule has 0 atom stereocenters. The SMILES string of the molecule is COC(=O)CSc1cc(OCNC(=O)Cc2ccc(Cl)cc2)c2ccccc2c1. The fourth-order valence-electron chi connectivity index (χ4n) is 2.70. The van der Waals surface area contributed by atoms with Crippen molar-refractivity contribution in [2.45, 2.75) is 11.3 Å². The molecule has 3 aromatic carbocycles. The summed E-state index contributed by atoms with van der Waals surface area (Å²) < 4.78 is 10.5. The average Bonchev–Trinajstić information content (AvgIpc) is 2.73. The van der Waals surface area contributed by atoms with Gasteiger partial charge in [-0.15, -0.1) is 11.8 Å². The molecule has 150 valence electrons. The van der Waals surface area contributed by atoms with Gasteiger partial charge >= 0.3 is 5.97 Å². The van der Waals surface area contributed by atoms with Crippen molar-refractivity contribution >= 4 is 46.0 Å². The van der Waals surface area contributed by atoms with Gasteiger partial charge in [0.15, 0.2) is 6.73 Å². The minimum atomic E-state index is -0.292. The monoisotopic (exact) mass is 429 g/mol. The third kappa shape index (κ3) is 6.14. The lowest BCUT2D eigenvalue weighted by molar-refractivity contribution is -0.137. The number of ether oxygens (including phenoxy) is 2. The van der Waals surface area contributed by atoms with E-state index < -0.39 is 0 Å². The standard InChI is InChI=1S/C22H20ClNO4S/c1-27-22(26)13-29-18-11-16-4-2-3-5-19(16)20(12-18)28-14-24-21(25)10-15-6-8-17(23)9-7-15/h2-9,11-12H,10,13-14H2,1H3,(H,24,25). The Kier molecular flexibility index (Phi) is 7.38. The van der Waals surface area contributed by atoms with Gasteiger partial charge in [-0.25, -0.2) is 0 Å². The lowest BCUT2D eigenvalue weighted by Gasteiger charge is -2.12. The fourth-order valence-corrected chi connectivity index (χ4v) is 3.63. The second kappa shape index (κ2) is 10.2. The van der Waals surface area contributed by atoms with E-state index in [1.54, 1.807) is 12.1 Å². The highest BCUT2D eigenvalue weighted by Crippen LogP contribution is 2.32. The second-order valence-electron chi connectivity index (χ2n) is 6.20. The molecular formula is C22H20ClNO4S. The van der Waals surface area contributed by atoms with Crippen LogP contribution in [-0.4, -0.2) is 31.5 Å². The summed E-state index contributed by atoms with van der Waals surface area (Å²) in [5.41, 5.74) is 0.874. The van der Waals surface area contributed by atoms with Crippen molar-refractivity contribution in [1.29, 1.82) is 0 Å². The summed E-state index contributed by atoms with van der Waals surface area (Å²) in [7, 11) is 1.37. The molecule has 0 spiro atoms. The topological polar surface area (TPSA) is 64.6 Å². The third-order valence-electron chi connectivity index (χ3n) is 4.16.